The summed E-state index contributed by atoms with van der Waals surface area (Å²) < 4.78 is 1.17. The molecule has 0 saturated carbocycles. The molecule has 0 radical (unpaired) electrons. The third kappa shape index (κ3) is 3.79. The Morgan fingerprint density at radius 3 is 2.89 bits per heavy atom. The Labute approximate surface area is 164 Å². The van der Waals surface area contributed by atoms with Gasteiger partial charge in [-0.25, -0.2) is 9.97 Å². The van der Waals surface area contributed by atoms with Crippen molar-refractivity contribution in [1.29, 1.82) is 0 Å². The number of carbonyl (C=O) groups is 2. The van der Waals surface area contributed by atoms with Gasteiger partial charge in [0.1, 0.15) is 0 Å². The first-order valence-corrected chi connectivity index (χ1v) is 10.3. The van der Waals surface area contributed by atoms with Crippen LogP contribution in [0.1, 0.15) is 11.3 Å². The van der Waals surface area contributed by atoms with Gasteiger partial charge in [0.15, 0.2) is 10.3 Å². The van der Waals surface area contributed by atoms with Crippen molar-refractivity contribution in [2.75, 3.05) is 30.4 Å². The lowest BCUT2D eigenvalue weighted by Crippen LogP contribution is -2.52. The molecule has 2 aromatic heterocycles. The number of benzene rings is 1. The van der Waals surface area contributed by atoms with Crippen molar-refractivity contribution < 1.29 is 9.59 Å². The topological polar surface area (TPSA) is 87.2 Å². The van der Waals surface area contributed by atoms with Crippen LogP contribution in [-0.2, 0) is 16.0 Å². The lowest BCUT2D eigenvalue weighted by Gasteiger charge is -2.37. The summed E-state index contributed by atoms with van der Waals surface area (Å²) in [5.41, 5.74) is 2.88. The van der Waals surface area contributed by atoms with Crippen LogP contribution in [0.25, 0.3) is 10.2 Å². The molecule has 1 aromatic carbocycles. The highest BCUT2D eigenvalue weighted by molar-refractivity contribution is 7.22. The maximum Gasteiger partial charge on any atom is 0.232 e. The maximum atomic E-state index is 12.4. The van der Waals surface area contributed by atoms with Crippen molar-refractivity contribution in [3.05, 3.63) is 34.8 Å². The normalized spacial score (nSPS) is 14.2. The average Bonchev–Trinajstić information content (AvgIpc) is 3.19. The molecule has 1 aliphatic heterocycles. The first kappa shape index (κ1) is 17.9. The van der Waals surface area contributed by atoms with Crippen LogP contribution in [0.15, 0.2) is 23.6 Å². The smallest absolute Gasteiger partial charge is 0.232 e. The molecule has 0 bridgehead atoms. The Bertz CT molecular complexity index is 1010. The Balaban J connectivity index is 1.33. The maximum absolute atomic E-state index is 12.4. The molecule has 1 saturated heterocycles. The second-order valence-corrected chi connectivity index (χ2v) is 8.42. The number of carbonyl (C=O) groups excluding carboxylic acids is 2. The Hall–Kier alpha value is -2.52. The molecule has 3 aromatic rings. The van der Waals surface area contributed by atoms with E-state index in [9.17, 15) is 9.59 Å². The van der Waals surface area contributed by atoms with Gasteiger partial charge in [-0.3, -0.25) is 9.59 Å². The van der Waals surface area contributed by atoms with Crippen molar-refractivity contribution in [3.8, 4) is 0 Å². The zero-order valence-corrected chi connectivity index (χ0v) is 16.6. The van der Waals surface area contributed by atoms with Gasteiger partial charge in [-0.1, -0.05) is 17.4 Å². The van der Waals surface area contributed by atoms with Gasteiger partial charge in [-0.2, -0.15) is 0 Å². The molecule has 3 heterocycles. The number of hydrogen-bond donors (Lipinski definition) is 2. The second kappa shape index (κ2) is 7.24. The van der Waals surface area contributed by atoms with Gasteiger partial charge in [-0.15, -0.1) is 11.3 Å². The highest BCUT2D eigenvalue weighted by atomic mass is 32.1. The molecule has 0 atom stereocenters. The van der Waals surface area contributed by atoms with Crippen molar-refractivity contribution in [2.45, 2.75) is 13.3 Å². The number of anilines is 2. The van der Waals surface area contributed by atoms with E-state index in [0.29, 0.717) is 23.9 Å². The molecule has 2 N–H and O–H groups in total. The van der Waals surface area contributed by atoms with Gasteiger partial charge in [-0.05, 0) is 24.6 Å². The number of thiazole rings is 2. The van der Waals surface area contributed by atoms with Gasteiger partial charge in [0.2, 0.25) is 11.8 Å². The van der Waals surface area contributed by atoms with Crippen LogP contribution in [0.4, 0.5) is 10.3 Å². The fourth-order valence-corrected chi connectivity index (χ4v) is 4.66. The number of fused-ring (bicyclic) bond motifs is 1. The van der Waals surface area contributed by atoms with E-state index in [2.05, 4.69) is 44.6 Å². The zero-order valence-electron chi connectivity index (χ0n) is 15.0. The second-order valence-electron chi connectivity index (χ2n) is 6.55. The third-order valence-corrected chi connectivity index (χ3v) is 6.34. The number of nitrogens with one attached hydrogen (secondary N) is 2. The minimum atomic E-state index is -0.0983. The first-order chi connectivity index (χ1) is 13.0. The van der Waals surface area contributed by atoms with Crippen LogP contribution in [0.2, 0.25) is 0 Å². The van der Waals surface area contributed by atoms with Crippen LogP contribution in [0, 0.1) is 12.8 Å². The number of aromatic nitrogens is 2. The molecular weight excluding hydrogens is 382 g/mol. The predicted octanol–water partition coefficient (Wildman–Crippen LogP) is 2.42. The summed E-state index contributed by atoms with van der Waals surface area (Å²) in [5, 5.41) is 8.70. The molecule has 2 amide bonds. The molecular formula is C18H19N5O2S2. The van der Waals surface area contributed by atoms with E-state index >= 15 is 0 Å². The van der Waals surface area contributed by atoms with E-state index in [4.69, 9.17) is 0 Å². The van der Waals surface area contributed by atoms with Gasteiger partial charge in [0.25, 0.3) is 0 Å². The van der Waals surface area contributed by atoms with E-state index in [1.165, 1.54) is 21.6 Å². The number of rotatable bonds is 5. The van der Waals surface area contributed by atoms with E-state index < -0.39 is 0 Å². The molecule has 1 aliphatic rings. The molecule has 0 aliphatic carbocycles. The minimum Gasteiger partial charge on any atom is -0.359 e. The number of nitrogens with zero attached hydrogens (tertiary/aromatic N) is 3. The van der Waals surface area contributed by atoms with Crippen LogP contribution >= 0.6 is 22.7 Å². The highest BCUT2D eigenvalue weighted by Crippen LogP contribution is 2.33. The summed E-state index contributed by atoms with van der Waals surface area (Å²) in [5.74, 6) is -0.215. The van der Waals surface area contributed by atoms with Crippen LogP contribution < -0.4 is 15.5 Å². The fraction of sp³-hybridized carbons (Fsp3) is 0.333. The summed E-state index contributed by atoms with van der Waals surface area (Å²) >= 11 is 3.00. The molecule has 9 heteroatoms. The standard InChI is InChI=1S/C18H19N5O2S2/c1-10-3-4-13-14(5-10)27-18(21-13)23-7-11(8-23)16(25)22-17-20-12(9-26-17)6-15(24)19-2/h3-5,9,11H,6-8H2,1-2H3,(H,19,24)(H,20,22,25). The summed E-state index contributed by atoms with van der Waals surface area (Å²) in [6.07, 6.45) is 0.219. The zero-order chi connectivity index (χ0) is 19.0. The Morgan fingerprint density at radius 2 is 2.11 bits per heavy atom. The summed E-state index contributed by atoms with van der Waals surface area (Å²) in [6, 6.07) is 6.23. The quantitative estimate of drug-likeness (QED) is 0.686. The number of hydrogen-bond acceptors (Lipinski definition) is 7. The largest absolute Gasteiger partial charge is 0.359 e. The lowest BCUT2D eigenvalue weighted by molar-refractivity contribution is -0.121. The van der Waals surface area contributed by atoms with Gasteiger partial charge >= 0.3 is 0 Å². The minimum absolute atomic E-state index is 0.0379. The van der Waals surface area contributed by atoms with E-state index in [0.717, 1.165) is 10.6 Å². The summed E-state index contributed by atoms with van der Waals surface area (Å²) in [6.45, 7) is 3.38. The van der Waals surface area contributed by atoms with Crippen molar-refractivity contribution >= 4 is 55.0 Å². The molecule has 0 unspecified atom stereocenters. The third-order valence-electron chi connectivity index (χ3n) is 4.46. The van der Waals surface area contributed by atoms with Gasteiger partial charge in [0, 0.05) is 25.5 Å². The molecule has 140 valence electrons. The SMILES string of the molecule is CNC(=O)Cc1csc(NC(=O)C2CN(c3nc4ccc(C)cc4s3)C2)n1. The highest BCUT2D eigenvalue weighted by Gasteiger charge is 2.34. The molecule has 4 rings (SSSR count). The van der Waals surface area contributed by atoms with Crippen LogP contribution in [0.3, 0.4) is 0 Å². The average molecular weight is 402 g/mol. The Kier molecular flexibility index (Phi) is 4.79. The monoisotopic (exact) mass is 401 g/mol. The van der Waals surface area contributed by atoms with Crippen LogP contribution in [-0.4, -0.2) is 41.9 Å². The number of amides is 2. The van der Waals surface area contributed by atoms with Crippen LogP contribution in [0.5, 0.6) is 0 Å². The predicted molar refractivity (Wildman–Crippen MR) is 109 cm³/mol. The summed E-state index contributed by atoms with van der Waals surface area (Å²) in [7, 11) is 1.59. The van der Waals surface area contributed by atoms with Gasteiger partial charge in [0.05, 0.1) is 28.2 Å². The number of likely N-dealkylation sites (N-methyl/N-ethyl adjacent to an activating group) is 1. The first-order valence-electron chi connectivity index (χ1n) is 8.60. The van der Waals surface area contributed by atoms with Gasteiger partial charge < -0.3 is 15.5 Å². The molecule has 27 heavy (non-hydrogen) atoms. The van der Waals surface area contributed by atoms with E-state index in [-0.39, 0.29) is 24.2 Å². The van der Waals surface area contributed by atoms with Crippen molar-refractivity contribution in [2.24, 2.45) is 5.92 Å². The van der Waals surface area contributed by atoms with Crippen molar-refractivity contribution in [1.82, 2.24) is 15.3 Å². The molecule has 0 spiro atoms. The molecule has 1 fully saturated rings. The van der Waals surface area contributed by atoms with E-state index in [1.807, 2.05) is 6.07 Å². The Morgan fingerprint density at radius 1 is 1.30 bits per heavy atom. The van der Waals surface area contributed by atoms with E-state index in [1.54, 1.807) is 23.8 Å². The van der Waals surface area contributed by atoms with Crippen molar-refractivity contribution in [3.63, 3.8) is 0 Å². The fourth-order valence-electron chi connectivity index (χ4n) is 2.86. The lowest BCUT2D eigenvalue weighted by atomic mass is 10.0. The molecule has 7 nitrogen and oxygen atoms in total. The summed E-state index contributed by atoms with van der Waals surface area (Å²) in [4.78, 5) is 34.9. The number of aryl methyl sites for hydroxylation is 1.